The Morgan fingerprint density at radius 1 is 0.973 bits per heavy atom. The number of aryl methyl sites for hydroxylation is 1. The minimum atomic E-state index is -0.744. The average molecular weight is 500 g/mol. The highest BCUT2D eigenvalue weighted by Crippen LogP contribution is 2.46. The highest BCUT2D eigenvalue weighted by Gasteiger charge is 2.47. The molecule has 3 aliphatic rings. The molecule has 0 unspecified atom stereocenters. The summed E-state index contributed by atoms with van der Waals surface area (Å²) in [6.07, 6.45) is -1.36. The fourth-order valence-electron chi connectivity index (χ4n) is 5.80. The van der Waals surface area contributed by atoms with Crippen LogP contribution in [-0.2, 0) is 23.8 Å². The molecular formula is C29H25NO7. The average Bonchev–Trinajstić information content (AvgIpc) is 2.86. The second-order valence-corrected chi connectivity index (χ2v) is 9.85. The van der Waals surface area contributed by atoms with Crippen LogP contribution in [-0.4, -0.2) is 48.4 Å². The van der Waals surface area contributed by atoms with Gasteiger partial charge in [0.15, 0.2) is 17.7 Å². The summed E-state index contributed by atoms with van der Waals surface area (Å²) in [5.74, 6) is -1.40. The fraction of sp³-hybridized carbons (Fsp3) is 0.310. The zero-order valence-corrected chi connectivity index (χ0v) is 20.6. The zero-order valence-electron chi connectivity index (χ0n) is 20.6. The van der Waals surface area contributed by atoms with E-state index in [1.54, 1.807) is 12.1 Å². The molecule has 1 fully saturated rings. The van der Waals surface area contributed by atoms with Crippen molar-refractivity contribution in [2.75, 3.05) is 11.9 Å². The molecule has 1 N–H and O–H groups in total. The van der Waals surface area contributed by atoms with Gasteiger partial charge in [0.05, 0.1) is 23.4 Å². The van der Waals surface area contributed by atoms with Gasteiger partial charge in [-0.15, -0.1) is 0 Å². The molecule has 0 radical (unpaired) electrons. The quantitative estimate of drug-likeness (QED) is 0.421. The van der Waals surface area contributed by atoms with E-state index in [1.165, 1.54) is 13.8 Å². The van der Waals surface area contributed by atoms with E-state index in [0.29, 0.717) is 34.4 Å². The number of esters is 2. The lowest BCUT2D eigenvalue weighted by molar-refractivity contribution is -0.185. The number of fused-ring (bicyclic) bond motifs is 9. The first-order chi connectivity index (χ1) is 17.7. The van der Waals surface area contributed by atoms with Crippen LogP contribution in [0.2, 0.25) is 0 Å². The molecule has 188 valence electrons. The largest absolute Gasteiger partial charge is 0.463 e. The first-order valence-corrected chi connectivity index (χ1v) is 12.2. The molecule has 1 saturated heterocycles. The van der Waals surface area contributed by atoms with Crippen molar-refractivity contribution in [3.63, 3.8) is 0 Å². The van der Waals surface area contributed by atoms with Crippen molar-refractivity contribution in [1.82, 2.24) is 0 Å². The van der Waals surface area contributed by atoms with Gasteiger partial charge in [0.1, 0.15) is 12.7 Å². The molecule has 8 nitrogen and oxygen atoms in total. The summed E-state index contributed by atoms with van der Waals surface area (Å²) in [5.41, 5.74) is 3.75. The van der Waals surface area contributed by atoms with E-state index in [9.17, 15) is 19.2 Å². The van der Waals surface area contributed by atoms with Crippen LogP contribution in [0.25, 0.3) is 10.8 Å². The van der Waals surface area contributed by atoms with Gasteiger partial charge in [-0.1, -0.05) is 35.9 Å². The number of nitrogens with one attached hydrogen (secondary N) is 1. The number of ketones is 2. The molecule has 3 aromatic rings. The van der Waals surface area contributed by atoms with E-state index in [1.807, 2.05) is 37.3 Å². The lowest BCUT2D eigenvalue weighted by Crippen LogP contribution is -2.55. The van der Waals surface area contributed by atoms with Crippen LogP contribution in [0.1, 0.15) is 69.3 Å². The summed E-state index contributed by atoms with van der Waals surface area (Å²) >= 11 is 0. The number of carbonyl (C=O) groups is 4. The Balaban J connectivity index is 1.44. The van der Waals surface area contributed by atoms with Crippen molar-refractivity contribution < 1.29 is 33.4 Å². The smallest absolute Gasteiger partial charge is 0.303 e. The van der Waals surface area contributed by atoms with Gasteiger partial charge < -0.3 is 19.5 Å². The van der Waals surface area contributed by atoms with E-state index >= 15 is 0 Å². The van der Waals surface area contributed by atoms with Gasteiger partial charge in [-0.25, -0.2) is 0 Å². The Morgan fingerprint density at radius 2 is 1.70 bits per heavy atom. The molecule has 4 atom stereocenters. The maximum atomic E-state index is 13.9. The number of ether oxygens (including phenoxy) is 3. The normalized spacial score (nSPS) is 23.4. The number of carbonyl (C=O) groups excluding carboxylic acids is 4. The van der Waals surface area contributed by atoms with Crippen LogP contribution in [0.5, 0.6) is 0 Å². The fourth-order valence-corrected chi connectivity index (χ4v) is 5.80. The molecule has 1 aliphatic carbocycles. The van der Waals surface area contributed by atoms with Gasteiger partial charge in [0, 0.05) is 42.5 Å². The minimum Gasteiger partial charge on any atom is -0.463 e. The molecule has 6 rings (SSSR count). The Labute approximate surface area is 212 Å². The van der Waals surface area contributed by atoms with Crippen molar-refractivity contribution in [2.24, 2.45) is 0 Å². The summed E-state index contributed by atoms with van der Waals surface area (Å²) < 4.78 is 17.0. The van der Waals surface area contributed by atoms with E-state index < -0.39 is 36.3 Å². The minimum absolute atomic E-state index is 0.0699. The molecule has 0 aromatic heterocycles. The SMILES string of the molecule is CC(=O)OC[C@H]1O[C@H]2C[C@H](Nc3c2ccc2c3C(=O)c3ccc4cc(C)ccc4c3C2=O)[C@H]1OC(C)=O. The molecule has 0 saturated carbocycles. The third-order valence-electron chi connectivity index (χ3n) is 7.36. The number of hydrogen-bond acceptors (Lipinski definition) is 8. The zero-order chi connectivity index (χ0) is 26.0. The predicted octanol–water partition coefficient (Wildman–Crippen LogP) is 4.04. The topological polar surface area (TPSA) is 108 Å². The number of benzene rings is 3. The van der Waals surface area contributed by atoms with E-state index in [4.69, 9.17) is 14.2 Å². The van der Waals surface area contributed by atoms with Crippen LogP contribution in [0.15, 0.2) is 42.5 Å². The Hall–Kier alpha value is -4.04. The van der Waals surface area contributed by atoms with Crippen molar-refractivity contribution in [3.05, 3.63) is 75.8 Å². The van der Waals surface area contributed by atoms with E-state index in [0.717, 1.165) is 21.9 Å². The van der Waals surface area contributed by atoms with Gasteiger partial charge >= 0.3 is 11.9 Å². The monoisotopic (exact) mass is 499 g/mol. The summed E-state index contributed by atoms with van der Waals surface area (Å²) in [6.45, 7) is 4.52. The molecule has 2 bridgehead atoms. The van der Waals surface area contributed by atoms with Crippen LogP contribution >= 0.6 is 0 Å². The standard InChI is InChI=1S/C29H25NO7/c1-13-4-6-17-16(10-13)5-7-19-24(17)27(33)20-9-8-18-22-11-21(30-26(18)25(20)28(19)34)29(36-15(3)32)23(37-22)12-35-14(2)31/h4-10,21-23,29-30H,11-12H2,1-3H3/t21-,22-,23+,29+/m0/s1. The maximum Gasteiger partial charge on any atom is 0.303 e. The molecular weight excluding hydrogens is 474 g/mol. The van der Waals surface area contributed by atoms with Gasteiger partial charge in [-0.05, 0) is 29.8 Å². The van der Waals surface area contributed by atoms with Crippen molar-refractivity contribution in [1.29, 1.82) is 0 Å². The molecule has 0 spiro atoms. The Kier molecular flexibility index (Phi) is 5.38. The highest BCUT2D eigenvalue weighted by atomic mass is 16.6. The lowest BCUT2D eigenvalue weighted by Gasteiger charge is -2.46. The first-order valence-electron chi connectivity index (χ1n) is 12.2. The Morgan fingerprint density at radius 3 is 2.46 bits per heavy atom. The molecule has 37 heavy (non-hydrogen) atoms. The van der Waals surface area contributed by atoms with Crippen LogP contribution < -0.4 is 5.32 Å². The molecule has 3 aromatic carbocycles. The predicted molar refractivity (Wildman–Crippen MR) is 134 cm³/mol. The van der Waals surface area contributed by atoms with Crippen molar-refractivity contribution in [2.45, 2.75) is 51.5 Å². The van der Waals surface area contributed by atoms with Gasteiger partial charge in [-0.2, -0.15) is 0 Å². The lowest BCUT2D eigenvalue weighted by atomic mass is 9.77. The van der Waals surface area contributed by atoms with Gasteiger partial charge in [0.25, 0.3) is 0 Å². The summed E-state index contributed by atoms with van der Waals surface area (Å²) in [4.78, 5) is 50.9. The van der Waals surface area contributed by atoms with Crippen LogP contribution in [0.3, 0.4) is 0 Å². The first kappa shape index (κ1) is 23.4. The van der Waals surface area contributed by atoms with E-state index in [-0.39, 0.29) is 18.2 Å². The van der Waals surface area contributed by atoms with Crippen molar-refractivity contribution in [3.8, 4) is 0 Å². The second kappa shape index (κ2) is 8.52. The maximum absolute atomic E-state index is 13.9. The summed E-state index contributed by atoms with van der Waals surface area (Å²) in [6, 6.07) is 12.5. The third kappa shape index (κ3) is 3.71. The number of hydrogen-bond donors (Lipinski definition) is 1. The van der Waals surface area contributed by atoms with Crippen LogP contribution in [0, 0.1) is 6.92 Å². The number of rotatable bonds is 3. The van der Waals surface area contributed by atoms with Crippen molar-refractivity contribution >= 4 is 40.0 Å². The molecule has 2 aliphatic heterocycles. The Bertz CT molecular complexity index is 1520. The van der Waals surface area contributed by atoms with Crippen LogP contribution in [0.4, 0.5) is 5.69 Å². The van der Waals surface area contributed by atoms with Gasteiger partial charge in [0.2, 0.25) is 0 Å². The second-order valence-electron chi connectivity index (χ2n) is 9.85. The van der Waals surface area contributed by atoms with E-state index in [2.05, 4.69) is 5.32 Å². The number of anilines is 1. The third-order valence-corrected chi connectivity index (χ3v) is 7.36. The summed E-state index contributed by atoms with van der Waals surface area (Å²) in [7, 11) is 0. The molecule has 2 heterocycles. The summed E-state index contributed by atoms with van der Waals surface area (Å²) in [5, 5.41) is 5.04. The molecule has 8 heteroatoms. The highest BCUT2D eigenvalue weighted by molar-refractivity contribution is 6.33. The van der Waals surface area contributed by atoms with Gasteiger partial charge in [-0.3, -0.25) is 19.2 Å². The molecule has 0 amide bonds.